The van der Waals surface area contributed by atoms with Crippen molar-refractivity contribution in [2.75, 3.05) is 12.3 Å². The molecule has 1 saturated carbocycles. The van der Waals surface area contributed by atoms with E-state index in [1.54, 1.807) is 0 Å². The number of unbranched alkanes of at least 4 members (excludes halogenated alkanes) is 3. The lowest BCUT2D eigenvalue weighted by molar-refractivity contribution is -0.122. The molecule has 4 rings (SSSR count). The Kier molecular flexibility index (Phi) is 6.96. The third-order valence-electron chi connectivity index (χ3n) is 9.12. The maximum Gasteiger partial charge on any atom is 0.280 e. The summed E-state index contributed by atoms with van der Waals surface area (Å²) in [5.74, 6) is -0.0582. The standard InChI is InChI=1S/C25H43N5O5Si/c1-8-9-10-11-12-36(15(2)3,16(4)5)34-13-17-24(32)23(6,7)25(24,33)21(35-17)30-14-27-18-19(30)28-22(26)29-20(18)31/h14-17,21,32-33H,8-13H2,1-7H3,(H3,26,28,29,31)/t17-,21-,24+,25-/m1/s1. The predicted molar refractivity (Wildman–Crippen MR) is 141 cm³/mol. The van der Waals surface area contributed by atoms with Crippen molar-refractivity contribution in [2.24, 2.45) is 5.41 Å². The van der Waals surface area contributed by atoms with Crippen LogP contribution in [0.25, 0.3) is 11.2 Å². The summed E-state index contributed by atoms with van der Waals surface area (Å²) < 4.78 is 14.7. The third-order valence-corrected chi connectivity index (χ3v) is 14.9. The van der Waals surface area contributed by atoms with E-state index >= 15 is 0 Å². The molecule has 4 atom stereocenters. The molecule has 1 saturated heterocycles. The van der Waals surface area contributed by atoms with Crippen LogP contribution in [-0.2, 0) is 9.16 Å². The van der Waals surface area contributed by atoms with E-state index in [0.29, 0.717) is 11.1 Å². The highest BCUT2D eigenvalue weighted by molar-refractivity contribution is 6.76. The number of nitrogens with zero attached hydrogens (tertiary/aromatic N) is 3. The zero-order valence-electron chi connectivity index (χ0n) is 22.7. The second-order valence-electron chi connectivity index (χ2n) is 11.8. The summed E-state index contributed by atoms with van der Waals surface area (Å²) in [6.07, 6.45) is 4.38. The topological polar surface area (TPSA) is 149 Å². The van der Waals surface area contributed by atoms with E-state index < -0.39 is 42.8 Å². The van der Waals surface area contributed by atoms with E-state index in [0.717, 1.165) is 12.5 Å². The summed E-state index contributed by atoms with van der Waals surface area (Å²) in [4.78, 5) is 23.1. The zero-order valence-corrected chi connectivity index (χ0v) is 23.7. The molecule has 0 unspecified atom stereocenters. The van der Waals surface area contributed by atoms with Crippen LogP contribution in [0.1, 0.15) is 80.4 Å². The quantitative estimate of drug-likeness (QED) is 0.259. The summed E-state index contributed by atoms with van der Waals surface area (Å²) in [6, 6.07) is 1.06. The molecule has 36 heavy (non-hydrogen) atoms. The van der Waals surface area contributed by atoms with Crippen LogP contribution in [0.3, 0.4) is 0 Å². The summed E-state index contributed by atoms with van der Waals surface area (Å²) in [6.45, 7) is 15.0. The van der Waals surface area contributed by atoms with Gasteiger partial charge >= 0.3 is 0 Å². The van der Waals surface area contributed by atoms with Gasteiger partial charge in [-0.3, -0.25) is 14.3 Å². The maximum atomic E-state index is 12.3. The van der Waals surface area contributed by atoms with Crippen molar-refractivity contribution in [1.82, 2.24) is 19.5 Å². The molecule has 0 spiro atoms. The summed E-state index contributed by atoms with van der Waals surface area (Å²) >= 11 is 0. The highest BCUT2D eigenvalue weighted by atomic mass is 28.4. The lowest BCUT2D eigenvalue weighted by Gasteiger charge is -2.40. The van der Waals surface area contributed by atoms with E-state index in [9.17, 15) is 15.0 Å². The first-order valence-electron chi connectivity index (χ1n) is 13.3. The molecule has 0 aromatic carbocycles. The van der Waals surface area contributed by atoms with Crippen LogP contribution in [0.5, 0.6) is 0 Å². The van der Waals surface area contributed by atoms with Crippen LogP contribution < -0.4 is 11.3 Å². The van der Waals surface area contributed by atoms with Gasteiger partial charge in [0.2, 0.25) is 5.95 Å². The fourth-order valence-electron chi connectivity index (χ4n) is 6.64. The number of hydrogen-bond acceptors (Lipinski definition) is 8. The minimum Gasteiger partial charge on any atom is -0.414 e. The molecular formula is C25H43N5O5Si. The highest BCUT2D eigenvalue weighted by Crippen LogP contribution is 2.75. The number of ether oxygens (including phenoxy) is 1. The van der Waals surface area contributed by atoms with Crippen LogP contribution in [0, 0.1) is 5.41 Å². The molecule has 0 bridgehead atoms. The van der Waals surface area contributed by atoms with E-state index in [1.165, 1.54) is 30.2 Å². The second-order valence-corrected chi connectivity index (χ2v) is 16.8. The van der Waals surface area contributed by atoms with Crippen molar-refractivity contribution in [3.8, 4) is 0 Å². The predicted octanol–water partition coefficient (Wildman–Crippen LogP) is 3.46. The van der Waals surface area contributed by atoms with E-state index in [-0.39, 0.29) is 23.7 Å². The summed E-state index contributed by atoms with van der Waals surface area (Å²) in [7, 11) is -2.20. The molecule has 11 heteroatoms. The van der Waals surface area contributed by atoms with Gasteiger partial charge in [-0.2, -0.15) is 4.98 Å². The van der Waals surface area contributed by atoms with Gasteiger partial charge in [-0.1, -0.05) is 74.1 Å². The number of imidazole rings is 1. The first-order chi connectivity index (χ1) is 16.8. The van der Waals surface area contributed by atoms with Crippen molar-refractivity contribution >= 4 is 25.4 Å². The van der Waals surface area contributed by atoms with Crippen molar-refractivity contribution in [3.63, 3.8) is 0 Å². The minimum atomic E-state index is -2.20. The number of nitrogens with two attached hydrogens (primary N) is 1. The Hall–Kier alpha value is -1.79. The lowest BCUT2D eigenvalue weighted by atomic mass is 10.0. The van der Waals surface area contributed by atoms with Gasteiger partial charge < -0.3 is 25.1 Å². The Labute approximate surface area is 213 Å². The average Bonchev–Trinajstić information content (AvgIpc) is 3.14. The lowest BCUT2D eigenvalue weighted by Crippen LogP contribution is -2.48. The zero-order chi connectivity index (χ0) is 26.7. The van der Waals surface area contributed by atoms with Gasteiger partial charge in [-0.25, -0.2) is 4.98 Å². The van der Waals surface area contributed by atoms with Crippen LogP contribution in [0.15, 0.2) is 11.1 Å². The second kappa shape index (κ2) is 9.19. The van der Waals surface area contributed by atoms with Crippen molar-refractivity contribution in [2.45, 2.75) is 115 Å². The van der Waals surface area contributed by atoms with Crippen molar-refractivity contribution in [3.05, 3.63) is 16.7 Å². The summed E-state index contributed by atoms with van der Waals surface area (Å²) in [5.41, 5.74) is 2.38. The molecule has 1 aliphatic heterocycles. The van der Waals surface area contributed by atoms with E-state index in [4.69, 9.17) is 14.9 Å². The van der Waals surface area contributed by atoms with E-state index in [1.807, 2.05) is 13.8 Å². The molecule has 5 N–H and O–H groups in total. The number of H-pyrrole nitrogens is 1. The molecule has 202 valence electrons. The smallest absolute Gasteiger partial charge is 0.280 e. The van der Waals surface area contributed by atoms with E-state index in [2.05, 4.69) is 49.6 Å². The van der Waals surface area contributed by atoms with Crippen LogP contribution in [-0.4, -0.2) is 62.0 Å². The Balaban J connectivity index is 1.64. The number of rotatable bonds is 11. The molecule has 2 aliphatic rings. The Bertz CT molecular complexity index is 1160. The number of fused-ring (bicyclic) bond motifs is 2. The van der Waals surface area contributed by atoms with Gasteiger partial charge in [0, 0.05) is 5.41 Å². The number of nitrogen functional groups attached to an aromatic ring is 1. The Morgan fingerprint density at radius 2 is 1.86 bits per heavy atom. The molecule has 2 aromatic heterocycles. The molecule has 2 fully saturated rings. The molecule has 3 heterocycles. The van der Waals surface area contributed by atoms with Crippen molar-refractivity contribution in [1.29, 1.82) is 0 Å². The monoisotopic (exact) mass is 521 g/mol. The van der Waals surface area contributed by atoms with Crippen LogP contribution in [0.4, 0.5) is 5.95 Å². The van der Waals surface area contributed by atoms with Gasteiger partial charge in [0.15, 0.2) is 25.7 Å². The van der Waals surface area contributed by atoms with Gasteiger partial charge in [-0.05, 0) is 17.1 Å². The van der Waals surface area contributed by atoms with Gasteiger partial charge in [0.1, 0.15) is 17.3 Å². The highest BCUT2D eigenvalue weighted by Gasteiger charge is 2.92. The average molecular weight is 522 g/mol. The first kappa shape index (κ1) is 27.2. The SMILES string of the molecule is CCCCCC[Si](OC[C@H]1O[C@@H](n2cnc3c(=O)[nH]c(N)nc32)[C@@]2(O)C(C)(C)[C@@]12O)(C(C)C)C(C)C. The third kappa shape index (κ3) is 3.61. The van der Waals surface area contributed by atoms with Gasteiger partial charge in [0.05, 0.1) is 12.9 Å². The first-order valence-corrected chi connectivity index (χ1v) is 15.5. The number of hydrogen-bond donors (Lipinski definition) is 4. The normalized spacial score (nSPS) is 29.4. The number of aliphatic hydroxyl groups is 2. The van der Waals surface area contributed by atoms with Crippen molar-refractivity contribution < 1.29 is 19.4 Å². The van der Waals surface area contributed by atoms with Gasteiger partial charge in [-0.15, -0.1) is 0 Å². The molecule has 2 aromatic rings. The number of anilines is 1. The molecule has 1 aliphatic carbocycles. The molecule has 10 nitrogen and oxygen atoms in total. The Morgan fingerprint density at radius 1 is 1.19 bits per heavy atom. The fourth-order valence-corrected chi connectivity index (χ4v) is 11.2. The molecule has 0 amide bonds. The largest absolute Gasteiger partial charge is 0.414 e. The number of nitrogens with one attached hydrogen (secondary N) is 1. The minimum absolute atomic E-state index is 0.0582. The molecular weight excluding hydrogens is 478 g/mol. The molecule has 0 radical (unpaired) electrons. The number of aromatic nitrogens is 4. The maximum absolute atomic E-state index is 12.3. The fraction of sp³-hybridized carbons (Fsp3) is 0.800. The van der Waals surface area contributed by atoms with Crippen LogP contribution >= 0.6 is 0 Å². The summed E-state index contributed by atoms with van der Waals surface area (Å²) in [5, 5.41) is 23.6. The van der Waals surface area contributed by atoms with Gasteiger partial charge in [0.25, 0.3) is 5.56 Å². The van der Waals surface area contributed by atoms with Crippen LogP contribution in [0.2, 0.25) is 17.1 Å². The Morgan fingerprint density at radius 3 is 2.47 bits per heavy atom. The number of aromatic amines is 1.